The molecule has 180 valence electrons. The molecular weight excluding hydrogens is 425 g/mol. The summed E-state index contributed by atoms with van der Waals surface area (Å²) >= 11 is 0. The molecule has 0 fully saturated rings. The van der Waals surface area contributed by atoms with Crippen LogP contribution in [-0.2, 0) is 6.42 Å². The van der Waals surface area contributed by atoms with E-state index in [1.54, 1.807) is 43.5 Å². The van der Waals surface area contributed by atoms with E-state index in [9.17, 15) is 9.18 Å². The Morgan fingerprint density at radius 1 is 0.941 bits per heavy atom. The molecule has 0 N–H and O–H groups in total. The first-order valence-corrected chi connectivity index (χ1v) is 12.4. The van der Waals surface area contributed by atoms with Gasteiger partial charge in [0.25, 0.3) is 0 Å². The fourth-order valence-corrected chi connectivity index (χ4v) is 4.42. The fourth-order valence-electron chi connectivity index (χ4n) is 4.42. The Kier molecular flexibility index (Phi) is 9.81. The van der Waals surface area contributed by atoms with Crippen LogP contribution >= 0.6 is 0 Å². The number of ketones is 1. The molecule has 2 unspecified atom stereocenters. The van der Waals surface area contributed by atoms with Crippen molar-refractivity contribution in [1.82, 2.24) is 4.98 Å². The highest BCUT2D eigenvalue weighted by molar-refractivity contribution is 5.96. The zero-order chi connectivity index (χ0) is 24.3. The third-order valence-corrected chi connectivity index (χ3v) is 6.63. The van der Waals surface area contributed by atoms with Crippen LogP contribution in [0.2, 0.25) is 0 Å². The molecule has 3 aromatic rings. The molecule has 0 aliphatic rings. The Morgan fingerprint density at radius 2 is 1.68 bits per heavy atom. The molecule has 1 aromatic heterocycles. The van der Waals surface area contributed by atoms with Crippen molar-refractivity contribution in [2.45, 2.75) is 70.6 Å². The van der Waals surface area contributed by atoms with Gasteiger partial charge in [-0.05, 0) is 85.2 Å². The molecule has 1 heterocycles. The van der Waals surface area contributed by atoms with Crippen molar-refractivity contribution in [1.29, 1.82) is 0 Å². The second kappa shape index (κ2) is 13.0. The number of carbonyl (C=O) groups is 1. The van der Waals surface area contributed by atoms with Gasteiger partial charge in [-0.3, -0.25) is 9.78 Å². The van der Waals surface area contributed by atoms with E-state index in [-0.39, 0.29) is 17.5 Å². The number of aromatic nitrogens is 1. The lowest BCUT2D eigenvalue weighted by Crippen LogP contribution is -2.09. The second-order valence-electron chi connectivity index (χ2n) is 8.98. The van der Waals surface area contributed by atoms with Crippen LogP contribution in [-0.4, -0.2) is 17.9 Å². The van der Waals surface area contributed by atoms with Crippen LogP contribution in [0.25, 0.3) is 0 Å². The number of carbonyl (C=O) groups excluding carboxylic acids is 1. The van der Waals surface area contributed by atoms with Gasteiger partial charge in [-0.25, -0.2) is 4.39 Å². The number of pyridine rings is 1. The normalized spacial score (nSPS) is 12.8. The van der Waals surface area contributed by atoms with E-state index in [1.165, 1.54) is 37.1 Å². The van der Waals surface area contributed by atoms with E-state index in [0.29, 0.717) is 17.9 Å². The molecule has 3 nitrogen and oxygen atoms in total. The highest BCUT2D eigenvalue weighted by Crippen LogP contribution is 2.29. The molecular formula is C30H36FNO2. The van der Waals surface area contributed by atoms with Crippen LogP contribution in [0.15, 0.2) is 66.9 Å². The van der Waals surface area contributed by atoms with Crippen molar-refractivity contribution in [2.75, 3.05) is 7.11 Å². The predicted molar refractivity (Wildman–Crippen MR) is 136 cm³/mol. The summed E-state index contributed by atoms with van der Waals surface area (Å²) in [6.07, 6.45) is 8.68. The van der Waals surface area contributed by atoms with Crippen LogP contribution in [0.1, 0.15) is 91.4 Å². The van der Waals surface area contributed by atoms with Gasteiger partial charge in [0.05, 0.1) is 7.11 Å². The quantitative estimate of drug-likeness (QED) is 0.243. The molecule has 2 aromatic carbocycles. The Balaban J connectivity index is 1.70. The average molecular weight is 462 g/mol. The summed E-state index contributed by atoms with van der Waals surface area (Å²) in [7, 11) is 1.61. The minimum absolute atomic E-state index is 0.00261. The van der Waals surface area contributed by atoms with E-state index in [4.69, 9.17) is 9.72 Å². The van der Waals surface area contributed by atoms with Gasteiger partial charge in [0.2, 0.25) is 0 Å². The van der Waals surface area contributed by atoms with Gasteiger partial charge in [0.15, 0.2) is 5.78 Å². The number of hydrogen-bond donors (Lipinski definition) is 0. The second-order valence-corrected chi connectivity index (χ2v) is 8.98. The summed E-state index contributed by atoms with van der Waals surface area (Å²) in [6.45, 7) is 4.45. The van der Waals surface area contributed by atoms with Gasteiger partial charge in [-0.1, -0.05) is 44.9 Å². The number of halogens is 1. The van der Waals surface area contributed by atoms with Gasteiger partial charge in [-0.2, -0.15) is 0 Å². The molecule has 3 rings (SSSR count). The monoisotopic (exact) mass is 461 g/mol. The minimum Gasteiger partial charge on any atom is -0.497 e. The lowest BCUT2D eigenvalue weighted by atomic mass is 9.87. The third-order valence-electron chi connectivity index (χ3n) is 6.63. The number of benzene rings is 2. The molecule has 34 heavy (non-hydrogen) atoms. The van der Waals surface area contributed by atoms with Crippen LogP contribution in [0, 0.1) is 5.82 Å². The van der Waals surface area contributed by atoms with Gasteiger partial charge < -0.3 is 4.74 Å². The van der Waals surface area contributed by atoms with Crippen molar-refractivity contribution in [3.63, 3.8) is 0 Å². The topological polar surface area (TPSA) is 39.2 Å². The first kappa shape index (κ1) is 25.6. The van der Waals surface area contributed by atoms with Crippen LogP contribution in [0.5, 0.6) is 5.75 Å². The van der Waals surface area contributed by atoms with Gasteiger partial charge >= 0.3 is 0 Å². The highest BCUT2D eigenvalue weighted by Gasteiger charge is 2.18. The maximum atomic E-state index is 13.5. The van der Waals surface area contributed by atoms with Crippen molar-refractivity contribution >= 4 is 5.78 Å². The van der Waals surface area contributed by atoms with Crippen molar-refractivity contribution in [3.8, 4) is 5.75 Å². The average Bonchev–Trinajstić information content (AvgIpc) is 2.88. The van der Waals surface area contributed by atoms with Crippen LogP contribution in [0.3, 0.4) is 0 Å². The van der Waals surface area contributed by atoms with Gasteiger partial charge in [0.1, 0.15) is 11.6 Å². The van der Waals surface area contributed by atoms with Crippen molar-refractivity contribution in [3.05, 3.63) is 95.1 Å². The number of hydrogen-bond acceptors (Lipinski definition) is 3. The van der Waals surface area contributed by atoms with Crippen LogP contribution < -0.4 is 4.74 Å². The number of Topliss-reactive ketones (excluding diaryl/α,β-unsaturated/α-hetero) is 1. The smallest absolute Gasteiger partial charge is 0.163 e. The Hall–Kier alpha value is -3.01. The molecule has 0 saturated heterocycles. The number of nitrogens with zero attached hydrogens (tertiary/aromatic N) is 1. The molecule has 0 aliphatic carbocycles. The van der Waals surface area contributed by atoms with E-state index in [1.807, 2.05) is 6.20 Å². The fraction of sp³-hybridized carbons (Fsp3) is 0.400. The van der Waals surface area contributed by atoms with Crippen molar-refractivity contribution in [2.24, 2.45) is 0 Å². The summed E-state index contributed by atoms with van der Waals surface area (Å²) in [4.78, 5) is 17.8. The molecule has 2 atom stereocenters. The Labute approximate surface area is 203 Å². The van der Waals surface area contributed by atoms with Crippen LogP contribution in [0.4, 0.5) is 4.39 Å². The number of rotatable bonds is 13. The summed E-state index contributed by atoms with van der Waals surface area (Å²) < 4.78 is 18.7. The zero-order valence-electron chi connectivity index (χ0n) is 20.6. The Morgan fingerprint density at radius 3 is 2.26 bits per heavy atom. The summed E-state index contributed by atoms with van der Waals surface area (Å²) in [5.74, 6) is 1.05. The maximum Gasteiger partial charge on any atom is 0.163 e. The number of aryl methyl sites for hydroxylation is 1. The molecule has 0 bridgehead atoms. The molecule has 0 radical (unpaired) electrons. The largest absolute Gasteiger partial charge is 0.497 e. The zero-order valence-corrected chi connectivity index (χ0v) is 20.6. The van der Waals surface area contributed by atoms with Gasteiger partial charge in [0, 0.05) is 29.8 Å². The lowest BCUT2D eigenvalue weighted by Gasteiger charge is -2.18. The molecule has 0 aliphatic heterocycles. The first-order chi connectivity index (χ1) is 16.5. The van der Waals surface area contributed by atoms with Crippen molar-refractivity contribution < 1.29 is 13.9 Å². The minimum atomic E-state index is -0.266. The van der Waals surface area contributed by atoms with E-state index >= 15 is 0 Å². The molecule has 4 heteroatoms. The van der Waals surface area contributed by atoms with E-state index < -0.39 is 0 Å². The molecule has 0 spiro atoms. The Bertz CT molecular complexity index is 1010. The SMILES string of the molecule is CCCCC(CC)c1ccc(CCC(CC(=O)c2ccc(OC)cc2)c2ccc(F)cc2)cn1. The molecule has 0 saturated carbocycles. The van der Waals surface area contributed by atoms with Gasteiger partial charge in [-0.15, -0.1) is 0 Å². The van der Waals surface area contributed by atoms with E-state index in [2.05, 4.69) is 26.0 Å². The third kappa shape index (κ3) is 7.24. The summed E-state index contributed by atoms with van der Waals surface area (Å²) in [5.41, 5.74) is 3.98. The highest BCUT2D eigenvalue weighted by atomic mass is 19.1. The summed E-state index contributed by atoms with van der Waals surface area (Å²) in [6, 6.07) is 18.1. The lowest BCUT2D eigenvalue weighted by molar-refractivity contribution is 0.0972. The maximum absolute atomic E-state index is 13.5. The standard InChI is InChI=1S/C30H36FNO2/c1-4-6-7-23(5-2)29-19-9-22(21-32-29)8-10-26(24-11-15-27(31)16-12-24)20-30(33)25-13-17-28(34-3)18-14-25/h9,11-19,21,23,26H,4-8,10,20H2,1-3H3. The number of unbranched alkanes of at least 4 members (excludes halogenated alkanes) is 1. The number of ether oxygens (including phenoxy) is 1. The van der Waals surface area contributed by atoms with E-state index in [0.717, 1.165) is 36.1 Å². The first-order valence-electron chi connectivity index (χ1n) is 12.4. The number of methoxy groups -OCH3 is 1. The summed E-state index contributed by atoms with van der Waals surface area (Å²) in [5, 5.41) is 0. The predicted octanol–water partition coefficient (Wildman–Crippen LogP) is 7.90. The molecule has 0 amide bonds.